The number of thiazole rings is 1. The maximum Gasteiger partial charge on any atom is 0.266 e. The van der Waals surface area contributed by atoms with E-state index < -0.39 is 0 Å². The van der Waals surface area contributed by atoms with Crippen LogP contribution in [0.15, 0.2) is 23.1 Å². The van der Waals surface area contributed by atoms with Crippen molar-refractivity contribution >= 4 is 11.3 Å². The summed E-state index contributed by atoms with van der Waals surface area (Å²) in [5.41, 5.74) is 0.920. The van der Waals surface area contributed by atoms with Crippen LogP contribution in [0.4, 0.5) is 0 Å². The van der Waals surface area contributed by atoms with Crippen LogP contribution >= 0.6 is 11.3 Å². The summed E-state index contributed by atoms with van der Waals surface area (Å²) in [7, 11) is 0. The van der Waals surface area contributed by atoms with Crippen LogP contribution in [-0.2, 0) is 18.5 Å². The minimum absolute atomic E-state index is 0.00124. The van der Waals surface area contributed by atoms with Crippen LogP contribution in [0.1, 0.15) is 68.0 Å². The number of aromatic nitrogens is 3. The first-order chi connectivity index (χ1) is 12.4. The van der Waals surface area contributed by atoms with Gasteiger partial charge in [0.1, 0.15) is 0 Å². The Hall–Kier alpha value is -1.53. The van der Waals surface area contributed by atoms with E-state index in [0.717, 1.165) is 31.1 Å². The van der Waals surface area contributed by atoms with Gasteiger partial charge in [0.15, 0.2) is 0 Å². The molecule has 4 rings (SSSR count). The first-order valence-electron chi connectivity index (χ1n) is 9.67. The van der Waals surface area contributed by atoms with Gasteiger partial charge >= 0.3 is 0 Å². The topological polar surface area (TPSA) is 51.0 Å². The fraction of sp³-hybridized carbons (Fsp3) is 0.650. The lowest BCUT2D eigenvalue weighted by atomic mass is 9.92. The number of likely N-dealkylation sites (tertiary alicyclic amines) is 1. The molecule has 1 unspecified atom stereocenters. The zero-order valence-electron chi connectivity index (χ0n) is 15.9. The van der Waals surface area contributed by atoms with Crippen molar-refractivity contribution in [1.29, 1.82) is 0 Å². The van der Waals surface area contributed by atoms with E-state index in [2.05, 4.69) is 42.0 Å². The normalized spacial score (nSPS) is 21.4. The molecule has 6 heteroatoms. The number of hydrogen-bond donors (Lipinski definition) is 0. The van der Waals surface area contributed by atoms with E-state index in [4.69, 9.17) is 0 Å². The van der Waals surface area contributed by atoms with Crippen molar-refractivity contribution in [3.05, 3.63) is 44.3 Å². The lowest BCUT2D eigenvalue weighted by Crippen LogP contribution is -2.37. The molecule has 0 radical (unpaired) electrons. The van der Waals surface area contributed by atoms with Crippen molar-refractivity contribution in [3.63, 3.8) is 0 Å². The van der Waals surface area contributed by atoms with E-state index in [1.165, 1.54) is 29.1 Å². The second kappa shape index (κ2) is 6.89. The highest BCUT2D eigenvalue weighted by Gasteiger charge is 2.29. The van der Waals surface area contributed by atoms with Crippen LogP contribution in [0.2, 0.25) is 0 Å². The van der Waals surface area contributed by atoms with Crippen molar-refractivity contribution in [1.82, 2.24) is 19.7 Å². The second-order valence-corrected chi connectivity index (χ2v) is 9.84. The van der Waals surface area contributed by atoms with Crippen molar-refractivity contribution in [2.75, 3.05) is 6.54 Å². The maximum atomic E-state index is 12.3. The molecular formula is C20H28N4OS. The Morgan fingerprint density at radius 1 is 1.23 bits per heavy atom. The Kier molecular flexibility index (Phi) is 4.73. The molecule has 26 heavy (non-hydrogen) atoms. The second-order valence-electron chi connectivity index (χ2n) is 8.69. The average molecular weight is 373 g/mol. The molecule has 1 saturated carbocycles. The maximum absolute atomic E-state index is 12.3. The summed E-state index contributed by atoms with van der Waals surface area (Å²) < 4.78 is 1.67. The highest BCUT2D eigenvalue weighted by atomic mass is 32.1. The van der Waals surface area contributed by atoms with Crippen molar-refractivity contribution in [2.45, 2.75) is 76.9 Å². The summed E-state index contributed by atoms with van der Waals surface area (Å²) in [5, 5.41) is 5.96. The predicted molar refractivity (Wildman–Crippen MR) is 105 cm³/mol. The summed E-state index contributed by atoms with van der Waals surface area (Å²) in [6.07, 6.45) is 6.98. The highest BCUT2D eigenvalue weighted by molar-refractivity contribution is 7.11. The molecule has 0 N–H and O–H groups in total. The third-order valence-electron chi connectivity index (χ3n) is 5.37. The summed E-state index contributed by atoms with van der Waals surface area (Å²) in [6.45, 7) is 9.11. The average Bonchev–Trinajstić information content (AvgIpc) is 3.18. The molecule has 1 saturated heterocycles. The van der Waals surface area contributed by atoms with E-state index in [0.29, 0.717) is 12.6 Å². The molecule has 1 aliphatic heterocycles. The lowest BCUT2D eigenvalue weighted by molar-refractivity contribution is 0.217. The molecule has 2 aromatic rings. The van der Waals surface area contributed by atoms with Crippen molar-refractivity contribution in [2.24, 2.45) is 0 Å². The fourth-order valence-corrected chi connectivity index (χ4v) is 4.72. The Balaban J connectivity index is 1.47. The van der Waals surface area contributed by atoms with Gasteiger partial charge in [-0.3, -0.25) is 9.69 Å². The Bertz CT molecular complexity index is 831. The predicted octanol–water partition coefficient (Wildman–Crippen LogP) is 3.54. The zero-order chi connectivity index (χ0) is 18.3. The van der Waals surface area contributed by atoms with Crippen LogP contribution < -0.4 is 5.56 Å². The van der Waals surface area contributed by atoms with Gasteiger partial charge < -0.3 is 0 Å². The van der Waals surface area contributed by atoms with Crippen LogP contribution in [0.3, 0.4) is 0 Å². The Morgan fingerprint density at radius 2 is 2.04 bits per heavy atom. The number of nitrogens with zero attached hydrogens (tertiary/aromatic N) is 4. The first-order valence-corrected chi connectivity index (χ1v) is 10.5. The molecule has 0 aromatic carbocycles. The standard InChI is InChI=1S/C20H28N4OS/c1-20(2,3)17-8-9-18(25)24(22-17)12-15-5-4-10-23(15)13-16-11-21-19(26-16)14-6-7-14/h8-9,11,14-15H,4-7,10,12-13H2,1-3H3. The summed E-state index contributed by atoms with van der Waals surface area (Å²) >= 11 is 1.87. The Morgan fingerprint density at radius 3 is 2.77 bits per heavy atom. The molecule has 140 valence electrons. The van der Waals surface area contributed by atoms with Gasteiger partial charge in [-0.05, 0) is 38.3 Å². The van der Waals surface area contributed by atoms with E-state index in [1.807, 2.05) is 17.4 Å². The molecule has 2 fully saturated rings. The van der Waals surface area contributed by atoms with Gasteiger partial charge in [0.25, 0.3) is 5.56 Å². The van der Waals surface area contributed by atoms with Gasteiger partial charge in [-0.1, -0.05) is 20.8 Å². The minimum atomic E-state index is -0.0489. The third kappa shape index (κ3) is 3.91. The third-order valence-corrected chi connectivity index (χ3v) is 6.52. The summed E-state index contributed by atoms with van der Waals surface area (Å²) in [4.78, 5) is 20.8. The highest BCUT2D eigenvalue weighted by Crippen LogP contribution is 2.42. The van der Waals surface area contributed by atoms with Gasteiger partial charge in [0, 0.05) is 41.1 Å². The van der Waals surface area contributed by atoms with Gasteiger partial charge in [-0.25, -0.2) is 9.67 Å². The van der Waals surface area contributed by atoms with Crippen molar-refractivity contribution < 1.29 is 0 Å². The first kappa shape index (κ1) is 17.9. The fourth-order valence-electron chi connectivity index (χ4n) is 3.60. The summed E-state index contributed by atoms with van der Waals surface area (Å²) in [5.74, 6) is 0.728. The lowest BCUT2D eigenvalue weighted by Gasteiger charge is -2.25. The summed E-state index contributed by atoms with van der Waals surface area (Å²) in [6, 6.07) is 3.90. The molecular weight excluding hydrogens is 344 g/mol. The van der Waals surface area contributed by atoms with Crippen LogP contribution in [-0.4, -0.2) is 32.3 Å². The molecule has 2 aromatic heterocycles. The van der Waals surface area contributed by atoms with E-state index >= 15 is 0 Å². The van der Waals surface area contributed by atoms with Gasteiger partial charge in [0.2, 0.25) is 0 Å². The monoisotopic (exact) mass is 372 g/mol. The van der Waals surface area contributed by atoms with Gasteiger partial charge in [-0.2, -0.15) is 5.10 Å². The minimum Gasteiger partial charge on any atom is -0.293 e. The van der Waals surface area contributed by atoms with Crippen LogP contribution in [0.5, 0.6) is 0 Å². The molecule has 0 bridgehead atoms. The quantitative estimate of drug-likeness (QED) is 0.805. The number of hydrogen-bond acceptors (Lipinski definition) is 5. The van der Waals surface area contributed by atoms with Gasteiger partial charge in [0.05, 0.1) is 17.2 Å². The largest absolute Gasteiger partial charge is 0.293 e. The van der Waals surface area contributed by atoms with E-state index in [-0.39, 0.29) is 11.0 Å². The SMILES string of the molecule is CC(C)(C)c1ccc(=O)n(CC2CCCN2Cc2cnc(C3CC3)s2)n1. The number of rotatable bonds is 5. The van der Waals surface area contributed by atoms with E-state index in [9.17, 15) is 4.79 Å². The zero-order valence-corrected chi connectivity index (χ0v) is 16.8. The molecule has 1 atom stereocenters. The van der Waals surface area contributed by atoms with Crippen LogP contribution in [0.25, 0.3) is 0 Å². The Labute approximate surface area is 159 Å². The van der Waals surface area contributed by atoms with Crippen LogP contribution in [0, 0.1) is 0 Å². The van der Waals surface area contributed by atoms with Gasteiger partial charge in [-0.15, -0.1) is 11.3 Å². The van der Waals surface area contributed by atoms with Crippen molar-refractivity contribution in [3.8, 4) is 0 Å². The smallest absolute Gasteiger partial charge is 0.266 e. The molecule has 3 heterocycles. The van der Waals surface area contributed by atoms with E-state index in [1.54, 1.807) is 10.7 Å². The molecule has 0 spiro atoms. The molecule has 1 aliphatic carbocycles. The molecule has 2 aliphatic rings. The molecule has 5 nitrogen and oxygen atoms in total. The molecule has 0 amide bonds.